The summed E-state index contributed by atoms with van der Waals surface area (Å²) in [4.78, 5) is 4.38. The van der Waals surface area contributed by atoms with Crippen molar-refractivity contribution in [1.29, 1.82) is 0 Å². The largest absolute Gasteiger partial charge is 0.326 e. The van der Waals surface area contributed by atoms with Crippen molar-refractivity contribution in [2.24, 2.45) is 5.73 Å². The van der Waals surface area contributed by atoms with Crippen LogP contribution in [-0.4, -0.2) is 19.9 Å². The number of pyridine rings is 1. The number of nitrogens with two attached hydrogens (primary N) is 1. The van der Waals surface area contributed by atoms with Gasteiger partial charge in [0.1, 0.15) is 0 Å². The predicted molar refractivity (Wildman–Crippen MR) is 77.5 cm³/mol. The molecule has 2 rings (SSSR count). The van der Waals surface area contributed by atoms with Crippen LogP contribution in [0.3, 0.4) is 0 Å². The minimum absolute atomic E-state index is 0.237. The number of nitrogens with one attached hydrogen (secondary N) is 1. The molecule has 0 saturated heterocycles. The molecule has 0 aliphatic rings. The lowest BCUT2D eigenvalue weighted by atomic mass is 10.2. The van der Waals surface area contributed by atoms with Crippen LogP contribution in [-0.2, 0) is 23.0 Å². The molecule has 0 bridgehead atoms. The molecule has 5 nitrogen and oxygen atoms in total. The fourth-order valence-electron chi connectivity index (χ4n) is 1.78. The van der Waals surface area contributed by atoms with Crippen LogP contribution in [0.5, 0.6) is 0 Å². The monoisotopic (exact) mass is 291 g/mol. The number of sulfonamides is 1. The van der Waals surface area contributed by atoms with E-state index >= 15 is 0 Å². The molecule has 20 heavy (non-hydrogen) atoms. The average Bonchev–Trinajstić information content (AvgIpc) is 2.48. The molecular weight excluding hydrogens is 274 g/mol. The molecule has 106 valence electrons. The highest BCUT2D eigenvalue weighted by Gasteiger charge is 2.13. The number of aromatic nitrogens is 1. The Morgan fingerprint density at radius 1 is 1.15 bits per heavy atom. The lowest BCUT2D eigenvalue weighted by molar-refractivity contribution is 0.581. The molecule has 0 aliphatic carbocycles. The van der Waals surface area contributed by atoms with Gasteiger partial charge in [0.05, 0.1) is 4.90 Å². The molecule has 0 atom stereocenters. The second-order valence-corrected chi connectivity index (χ2v) is 6.09. The standard InChI is InChI=1S/C14H17N3O2S/c15-11-12-4-3-6-14(10-12)20(18,19)17-9-7-13-5-1-2-8-16-13/h1-6,8,10,17H,7,9,11,15H2. The smallest absolute Gasteiger partial charge is 0.240 e. The van der Waals surface area contributed by atoms with E-state index in [1.165, 1.54) is 0 Å². The van der Waals surface area contributed by atoms with E-state index in [-0.39, 0.29) is 4.90 Å². The number of nitrogens with zero attached hydrogens (tertiary/aromatic N) is 1. The summed E-state index contributed by atoms with van der Waals surface area (Å²) >= 11 is 0. The van der Waals surface area contributed by atoms with Gasteiger partial charge in [0.25, 0.3) is 0 Å². The van der Waals surface area contributed by atoms with Gasteiger partial charge in [0, 0.05) is 31.4 Å². The van der Waals surface area contributed by atoms with E-state index < -0.39 is 10.0 Å². The Morgan fingerprint density at radius 3 is 2.70 bits per heavy atom. The first-order valence-electron chi connectivity index (χ1n) is 6.30. The van der Waals surface area contributed by atoms with Gasteiger partial charge < -0.3 is 5.73 Å². The first-order chi connectivity index (χ1) is 9.62. The Bertz CT molecular complexity index is 657. The topological polar surface area (TPSA) is 85.1 Å². The van der Waals surface area contributed by atoms with Crippen LogP contribution in [0.15, 0.2) is 53.6 Å². The highest BCUT2D eigenvalue weighted by Crippen LogP contribution is 2.11. The third-order valence-electron chi connectivity index (χ3n) is 2.84. The fraction of sp³-hybridized carbons (Fsp3) is 0.214. The van der Waals surface area contributed by atoms with E-state index in [2.05, 4.69) is 9.71 Å². The predicted octanol–water partition coefficient (Wildman–Crippen LogP) is 1.06. The van der Waals surface area contributed by atoms with Crippen LogP contribution in [0, 0.1) is 0 Å². The summed E-state index contributed by atoms with van der Waals surface area (Å²) in [5.41, 5.74) is 7.16. The molecular formula is C14H17N3O2S. The lowest BCUT2D eigenvalue weighted by Crippen LogP contribution is -2.26. The number of hydrogen-bond donors (Lipinski definition) is 2. The number of rotatable bonds is 6. The van der Waals surface area contributed by atoms with Gasteiger partial charge in [0.15, 0.2) is 0 Å². The molecule has 2 aromatic rings. The molecule has 0 aliphatic heterocycles. The zero-order valence-electron chi connectivity index (χ0n) is 11.0. The van der Waals surface area contributed by atoms with Crippen LogP contribution < -0.4 is 10.5 Å². The van der Waals surface area contributed by atoms with Gasteiger partial charge in [-0.15, -0.1) is 0 Å². The number of hydrogen-bond acceptors (Lipinski definition) is 4. The van der Waals surface area contributed by atoms with Crippen molar-refractivity contribution in [2.75, 3.05) is 6.54 Å². The van der Waals surface area contributed by atoms with Gasteiger partial charge in [-0.05, 0) is 29.8 Å². The Morgan fingerprint density at radius 2 is 2.00 bits per heavy atom. The van der Waals surface area contributed by atoms with Gasteiger partial charge in [-0.1, -0.05) is 18.2 Å². The van der Waals surface area contributed by atoms with Crippen molar-refractivity contribution in [3.63, 3.8) is 0 Å². The fourth-order valence-corrected chi connectivity index (χ4v) is 2.88. The minimum atomic E-state index is -3.50. The summed E-state index contributed by atoms with van der Waals surface area (Å²) in [5.74, 6) is 0. The maximum Gasteiger partial charge on any atom is 0.240 e. The van der Waals surface area contributed by atoms with E-state index in [9.17, 15) is 8.42 Å². The summed E-state index contributed by atoms with van der Waals surface area (Å²) in [6, 6.07) is 12.2. The second-order valence-electron chi connectivity index (χ2n) is 4.32. The van der Waals surface area contributed by atoms with E-state index in [4.69, 9.17) is 5.73 Å². The number of benzene rings is 1. The maximum atomic E-state index is 12.1. The van der Waals surface area contributed by atoms with Crippen molar-refractivity contribution < 1.29 is 8.42 Å². The van der Waals surface area contributed by atoms with Crippen LogP contribution in [0.25, 0.3) is 0 Å². The first kappa shape index (κ1) is 14.6. The van der Waals surface area contributed by atoms with Crippen molar-refractivity contribution in [3.05, 3.63) is 59.9 Å². The highest BCUT2D eigenvalue weighted by molar-refractivity contribution is 7.89. The van der Waals surface area contributed by atoms with Crippen LogP contribution in [0.1, 0.15) is 11.3 Å². The normalized spacial score (nSPS) is 11.4. The maximum absolute atomic E-state index is 12.1. The van der Waals surface area contributed by atoms with E-state index in [1.807, 2.05) is 18.2 Å². The molecule has 0 unspecified atom stereocenters. The molecule has 0 saturated carbocycles. The molecule has 0 spiro atoms. The zero-order valence-corrected chi connectivity index (χ0v) is 11.8. The lowest BCUT2D eigenvalue weighted by Gasteiger charge is -2.07. The Balaban J connectivity index is 2.00. The molecule has 0 radical (unpaired) electrons. The van der Waals surface area contributed by atoms with Crippen LogP contribution in [0.4, 0.5) is 0 Å². The minimum Gasteiger partial charge on any atom is -0.326 e. The first-order valence-corrected chi connectivity index (χ1v) is 7.79. The molecule has 1 aromatic heterocycles. The molecule has 3 N–H and O–H groups in total. The van der Waals surface area contributed by atoms with Gasteiger partial charge in [-0.3, -0.25) is 4.98 Å². The SMILES string of the molecule is NCc1cccc(S(=O)(=O)NCCc2ccccn2)c1. The van der Waals surface area contributed by atoms with Gasteiger partial charge in [0.2, 0.25) is 10.0 Å². The third kappa shape index (κ3) is 3.86. The Labute approximate surface area is 118 Å². The van der Waals surface area contributed by atoms with E-state index in [1.54, 1.807) is 30.5 Å². The Hall–Kier alpha value is -1.76. The van der Waals surface area contributed by atoms with Crippen molar-refractivity contribution in [1.82, 2.24) is 9.71 Å². The molecule has 6 heteroatoms. The summed E-state index contributed by atoms with van der Waals surface area (Å²) in [6.45, 7) is 0.628. The van der Waals surface area contributed by atoms with Crippen molar-refractivity contribution in [2.45, 2.75) is 17.9 Å². The quantitative estimate of drug-likeness (QED) is 0.833. The van der Waals surface area contributed by atoms with Crippen molar-refractivity contribution in [3.8, 4) is 0 Å². The van der Waals surface area contributed by atoms with E-state index in [0.29, 0.717) is 19.5 Å². The van der Waals surface area contributed by atoms with Gasteiger partial charge in [-0.2, -0.15) is 0 Å². The van der Waals surface area contributed by atoms with Gasteiger partial charge >= 0.3 is 0 Å². The molecule has 0 amide bonds. The summed E-state index contributed by atoms with van der Waals surface area (Å²) in [6.07, 6.45) is 2.24. The van der Waals surface area contributed by atoms with Crippen LogP contribution >= 0.6 is 0 Å². The summed E-state index contributed by atoms with van der Waals surface area (Å²) in [5, 5.41) is 0. The Kier molecular flexibility index (Phi) is 4.84. The second kappa shape index (κ2) is 6.60. The van der Waals surface area contributed by atoms with Crippen molar-refractivity contribution >= 4 is 10.0 Å². The van der Waals surface area contributed by atoms with Gasteiger partial charge in [-0.25, -0.2) is 13.1 Å². The summed E-state index contributed by atoms with van der Waals surface area (Å²) < 4.78 is 26.8. The summed E-state index contributed by atoms with van der Waals surface area (Å²) in [7, 11) is -3.50. The molecule has 1 heterocycles. The average molecular weight is 291 g/mol. The third-order valence-corrected chi connectivity index (χ3v) is 4.30. The zero-order chi connectivity index (χ0) is 14.4. The van der Waals surface area contributed by atoms with E-state index in [0.717, 1.165) is 11.3 Å². The van der Waals surface area contributed by atoms with Crippen LogP contribution in [0.2, 0.25) is 0 Å². The molecule has 0 fully saturated rings. The molecule has 1 aromatic carbocycles. The highest BCUT2D eigenvalue weighted by atomic mass is 32.2.